The molecule has 0 saturated carbocycles. The zero-order valence-electron chi connectivity index (χ0n) is 15.3. The Morgan fingerprint density at radius 1 is 1.12 bits per heavy atom. The van der Waals surface area contributed by atoms with Crippen LogP contribution in [0.1, 0.15) is 18.1 Å². The highest BCUT2D eigenvalue weighted by molar-refractivity contribution is 6.29. The lowest BCUT2D eigenvalue weighted by molar-refractivity contribution is -0.733. The van der Waals surface area contributed by atoms with Crippen LogP contribution < -0.4 is 20.1 Å². The van der Waals surface area contributed by atoms with Crippen LogP contribution in [0.4, 0.5) is 0 Å². The fourth-order valence-electron chi connectivity index (χ4n) is 2.47. The highest BCUT2D eigenvalue weighted by Gasteiger charge is 2.08. The van der Waals surface area contributed by atoms with Gasteiger partial charge in [-0.25, -0.2) is 4.98 Å². The van der Waals surface area contributed by atoms with Gasteiger partial charge in [-0.15, -0.1) is 0 Å². The van der Waals surface area contributed by atoms with E-state index in [1.807, 2.05) is 24.3 Å². The number of pyridine rings is 1. The number of aliphatic hydroxyl groups excluding tert-OH is 1. The van der Waals surface area contributed by atoms with E-state index in [2.05, 4.69) is 15.6 Å². The third-order valence-electron chi connectivity index (χ3n) is 3.87. The van der Waals surface area contributed by atoms with E-state index in [0.717, 1.165) is 37.5 Å². The standard InChI is InChI=1S/C19H26ClN3O3/c1-14(24)10-21-7-8-22-11-15-3-5-17(18(9-15)25-2)26-13-16-4-6-19(20)23-12-16/h3-6,9,12,14,21-22,24H,7-8,10-11,13H2,1-2H3/p+2/t14-/m0/s1. The summed E-state index contributed by atoms with van der Waals surface area (Å²) in [5.41, 5.74) is 2.13. The van der Waals surface area contributed by atoms with Crippen molar-refractivity contribution >= 4 is 11.6 Å². The summed E-state index contributed by atoms with van der Waals surface area (Å²) in [7, 11) is 1.64. The Labute approximate surface area is 159 Å². The zero-order chi connectivity index (χ0) is 18.8. The Kier molecular flexibility index (Phi) is 8.64. The van der Waals surface area contributed by atoms with E-state index in [0.29, 0.717) is 17.5 Å². The third kappa shape index (κ3) is 7.17. The molecule has 0 aliphatic rings. The molecule has 0 radical (unpaired) electrons. The Balaban J connectivity index is 1.81. The quantitative estimate of drug-likeness (QED) is 0.387. The number of aromatic nitrogens is 1. The molecule has 2 aromatic rings. The second-order valence-corrected chi connectivity index (χ2v) is 6.59. The van der Waals surface area contributed by atoms with Crippen molar-refractivity contribution in [2.45, 2.75) is 26.2 Å². The van der Waals surface area contributed by atoms with Crippen LogP contribution in [-0.4, -0.2) is 42.9 Å². The summed E-state index contributed by atoms with van der Waals surface area (Å²) < 4.78 is 11.3. The van der Waals surface area contributed by atoms with Crippen LogP contribution in [0.25, 0.3) is 0 Å². The van der Waals surface area contributed by atoms with Crippen molar-refractivity contribution in [3.63, 3.8) is 0 Å². The molecule has 0 spiro atoms. The number of nitrogens with zero attached hydrogens (tertiary/aromatic N) is 1. The molecule has 1 heterocycles. The first-order valence-corrected chi connectivity index (χ1v) is 9.18. The number of hydrogen-bond acceptors (Lipinski definition) is 4. The van der Waals surface area contributed by atoms with Gasteiger partial charge < -0.3 is 25.2 Å². The second-order valence-electron chi connectivity index (χ2n) is 6.21. The normalized spacial score (nSPS) is 12.0. The molecule has 1 atom stereocenters. The van der Waals surface area contributed by atoms with Crippen LogP contribution in [0, 0.1) is 0 Å². The van der Waals surface area contributed by atoms with Crippen LogP contribution in [0.5, 0.6) is 11.5 Å². The minimum Gasteiger partial charge on any atom is -0.493 e. The summed E-state index contributed by atoms with van der Waals surface area (Å²) in [6.07, 6.45) is 1.45. The maximum absolute atomic E-state index is 9.22. The van der Waals surface area contributed by atoms with Gasteiger partial charge in [0.1, 0.15) is 37.9 Å². The van der Waals surface area contributed by atoms with E-state index >= 15 is 0 Å². The number of aliphatic hydroxyl groups is 1. The number of hydrogen-bond donors (Lipinski definition) is 3. The number of quaternary nitrogens is 2. The van der Waals surface area contributed by atoms with Crippen molar-refractivity contribution in [2.75, 3.05) is 26.7 Å². The highest BCUT2D eigenvalue weighted by atomic mass is 35.5. The number of rotatable bonds is 11. The zero-order valence-corrected chi connectivity index (χ0v) is 16.1. The molecule has 5 N–H and O–H groups in total. The molecule has 6 nitrogen and oxygen atoms in total. The van der Waals surface area contributed by atoms with Gasteiger partial charge >= 0.3 is 0 Å². The third-order valence-corrected chi connectivity index (χ3v) is 4.10. The van der Waals surface area contributed by atoms with E-state index in [9.17, 15) is 5.11 Å². The van der Waals surface area contributed by atoms with Crippen LogP contribution >= 0.6 is 11.6 Å². The van der Waals surface area contributed by atoms with Gasteiger partial charge in [0.05, 0.1) is 13.2 Å². The smallest absolute Gasteiger partial charge is 0.161 e. The monoisotopic (exact) mass is 381 g/mol. The fraction of sp³-hybridized carbons (Fsp3) is 0.421. The summed E-state index contributed by atoms with van der Waals surface area (Å²) in [5.74, 6) is 1.43. The minimum absolute atomic E-state index is 0.254. The molecule has 0 aliphatic heterocycles. The summed E-state index contributed by atoms with van der Waals surface area (Å²) in [4.78, 5) is 4.05. The van der Waals surface area contributed by atoms with Crippen molar-refractivity contribution in [1.82, 2.24) is 4.98 Å². The van der Waals surface area contributed by atoms with E-state index in [1.165, 1.54) is 5.56 Å². The predicted octanol–water partition coefficient (Wildman–Crippen LogP) is 0.330. The number of halogens is 1. The average Bonchev–Trinajstić information content (AvgIpc) is 2.64. The molecule has 0 unspecified atom stereocenters. The molecule has 0 fully saturated rings. The van der Waals surface area contributed by atoms with E-state index in [4.69, 9.17) is 21.1 Å². The van der Waals surface area contributed by atoms with E-state index in [1.54, 1.807) is 26.3 Å². The minimum atomic E-state index is -0.254. The molecule has 1 aromatic heterocycles. The van der Waals surface area contributed by atoms with Crippen molar-refractivity contribution in [3.05, 3.63) is 52.8 Å². The molecule has 142 valence electrons. The van der Waals surface area contributed by atoms with E-state index in [-0.39, 0.29) is 6.10 Å². The van der Waals surface area contributed by atoms with Crippen LogP contribution in [0.3, 0.4) is 0 Å². The topological polar surface area (TPSA) is 84.8 Å². The summed E-state index contributed by atoms with van der Waals surface area (Å²) in [5, 5.41) is 14.1. The first-order valence-electron chi connectivity index (χ1n) is 8.80. The Morgan fingerprint density at radius 2 is 1.88 bits per heavy atom. The van der Waals surface area contributed by atoms with Gasteiger partial charge in [-0.2, -0.15) is 0 Å². The Morgan fingerprint density at radius 3 is 2.58 bits per heavy atom. The number of ether oxygens (including phenoxy) is 2. The summed E-state index contributed by atoms with van der Waals surface area (Å²) in [6.45, 7) is 5.82. The lowest BCUT2D eigenvalue weighted by Gasteiger charge is -2.12. The molecular weight excluding hydrogens is 354 g/mol. The largest absolute Gasteiger partial charge is 0.493 e. The van der Waals surface area contributed by atoms with Crippen molar-refractivity contribution in [3.8, 4) is 11.5 Å². The van der Waals surface area contributed by atoms with Gasteiger partial charge in [0.15, 0.2) is 11.5 Å². The lowest BCUT2D eigenvalue weighted by atomic mass is 10.2. The Hall–Kier alpha value is -1.86. The van der Waals surface area contributed by atoms with Crippen LogP contribution in [-0.2, 0) is 13.2 Å². The number of benzene rings is 1. The number of methoxy groups -OCH3 is 1. The van der Waals surface area contributed by atoms with Gasteiger partial charge in [0.2, 0.25) is 0 Å². The van der Waals surface area contributed by atoms with Gasteiger partial charge in [-0.05, 0) is 31.2 Å². The molecule has 2 rings (SSSR count). The molecular formula is C19H28ClN3O3+2. The maximum Gasteiger partial charge on any atom is 0.161 e. The molecule has 0 bridgehead atoms. The van der Waals surface area contributed by atoms with Crippen LogP contribution in [0.2, 0.25) is 5.15 Å². The highest BCUT2D eigenvalue weighted by Crippen LogP contribution is 2.28. The molecule has 0 saturated heterocycles. The number of nitrogens with two attached hydrogens (primary N) is 2. The van der Waals surface area contributed by atoms with Crippen molar-refractivity contribution in [1.29, 1.82) is 0 Å². The molecule has 1 aromatic carbocycles. The van der Waals surface area contributed by atoms with E-state index < -0.39 is 0 Å². The second kappa shape index (κ2) is 11.0. The first-order chi connectivity index (χ1) is 12.6. The Bertz CT molecular complexity index is 666. The lowest BCUT2D eigenvalue weighted by Crippen LogP contribution is -2.95. The molecule has 0 amide bonds. The first kappa shape index (κ1) is 20.5. The predicted molar refractivity (Wildman–Crippen MR) is 100 cm³/mol. The van der Waals surface area contributed by atoms with Crippen LogP contribution in [0.15, 0.2) is 36.5 Å². The molecule has 26 heavy (non-hydrogen) atoms. The van der Waals surface area contributed by atoms with Gasteiger partial charge in [0, 0.05) is 17.3 Å². The van der Waals surface area contributed by atoms with Gasteiger partial charge in [-0.3, -0.25) is 0 Å². The van der Waals surface area contributed by atoms with Gasteiger partial charge in [0.25, 0.3) is 0 Å². The molecule has 0 aliphatic carbocycles. The fourth-order valence-corrected chi connectivity index (χ4v) is 2.59. The molecule has 7 heteroatoms. The van der Waals surface area contributed by atoms with Gasteiger partial charge in [-0.1, -0.05) is 17.7 Å². The SMILES string of the molecule is COc1cc(C[NH2+]CC[NH2+]C[C@H](C)O)ccc1OCc1ccc(Cl)nc1. The summed E-state index contributed by atoms with van der Waals surface area (Å²) >= 11 is 5.79. The maximum atomic E-state index is 9.22. The summed E-state index contributed by atoms with van der Waals surface area (Å²) in [6, 6.07) is 9.62. The van der Waals surface area contributed by atoms with Crippen molar-refractivity contribution < 1.29 is 25.2 Å². The van der Waals surface area contributed by atoms with Crippen molar-refractivity contribution in [2.24, 2.45) is 0 Å². The average molecular weight is 382 g/mol.